The van der Waals surface area contributed by atoms with Gasteiger partial charge in [-0.3, -0.25) is 0 Å². The van der Waals surface area contributed by atoms with Crippen LogP contribution in [0.25, 0.3) is 0 Å². The number of ether oxygens (including phenoxy) is 1. The van der Waals surface area contributed by atoms with Gasteiger partial charge in [0.25, 0.3) is 0 Å². The van der Waals surface area contributed by atoms with Gasteiger partial charge in [0.05, 0.1) is 10.5 Å². The Bertz CT molecular complexity index is 577. The lowest BCUT2D eigenvalue weighted by Gasteiger charge is -2.57. The number of nitrogens with one attached hydrogen (secondary N) is 1. The average molecular weight is 355 g/mol. The molecule has 0 aromatic heterocycles. The van der Waals surface area contributed by atoms with E-state index in [0.29, 0.717) is 5.92 Å². The monoisotopic (exact) mass is 354 g/mol. The summed E-state index contributed by atoms with van der Waals surface area (Å²) in [5.74, 6) is 1.23. The van der Waals surface area contributed by atoms with E-state index < -0.39 is 5.72 Å². The molecule has 3 nitrogen and oxygen atoms in total. The van der Waals surface area contributed by atoms with Crippen molar-refractivity contribution in [1.29, 1.82) is 0 Å². The van der Waals surface area contributed by atoms with Crippen LogP contribution in [0.5, 0.6) is 5.75 Å². The molecule has 20 heavy (non-hydrogen) atoms. The van der Waals surface area contributed by atoms with Crippen LogP contribution in [0.3, 0.4) is 0 Å². The summed E-state index contributed by atoms with van der Waals surface area (Å²) in [4.78, 5) is 2.17. The molecule has 0 radical (unpaired) electrons. The van der Waals surface area contributed by atoms with Crippen LogP contribution in [-0.4, -0.2) is 21.8 Å². The van der Waals surface area contributed by atoms with Crippen LogP contribution in [-0.2, 0) is 0 Å². The Labute approximate surface area is 133 Å². The molecule has 0 aliphatic carbocycles. The van der Waals surface area contributed by atoms with Crippen LogP contribution in [0.2, 0.25) is 0 Å². The van der Waals surface area contributed by atoms with Crippen molar-refractivity contribution < 1.29 is 4.74 Å². The van der Waals surface area contributed by atoms with E-state index >= 15 is 0 Å². The van der Waals surface area contributed by atoms with Crippen molar-refractivity contribution >= 4 is 33.3 Å². The van der Waals surface area contributed by atoms with Gasteiger partial charge in [0.15, 0.2) is 10.8 Å². The lowest BCUT2D eigenvalue weighted by Crippen LogP contribution is -2.70. The second-order valence-electron chi connectivity index (χ2n) is 5.99. The van der Waals surface area contributed by atoms with Gasteiger partial charge in [-0.1, -0.05) is 19.1 Å². The fourth-order valence-electron chi connectivity index (χ4n) is 3.38. The average Bonchev–Trinajstić information content (AvgIpc) is 2.34. The van der Waals surface area contributed by atoms with Gasteiger partial charge >= 0.3 is 0 Å². The van der Waals surface area contributed by atoms with Crippen molar-refractivity contribution in [2.24, 2.45) is 5.92 Å². The third kappa shape index (κ3) is 1.79. The van der Waals surface area contributed by atoms with E-state index in [2.05, 4.69) is 59.9 Å². The standard InChI is InChI=1S/C15H19BrN2OS/c1-8(2)18-14(20)17-12-9(3)15(18,4)19-13-10(12)6-5-7-11(13)16/h5-9,12H,1-4H3,(H,17,20). The number of hydrogen-bond donors (Lipinski definition) is 1. The van der Waals surface area contributed by atoms with Crippen LogP contribution in [0.1, 0.15) is 39.3 Å². The molecule has 0 spiro atoms. The number of rotatable bonds is 1. The highest BCUT2D eigenvalue weighted by Crippen LogP contribution is 2.50. The minimum absolute atomic E-state index is 0.198. The third-order valence-corrected chi connectivity index (χ3v) is 5.42. The first kappa shape index (κ1) is 14.1. The predicted octanol–water partition coefficient (Wildman–Crippen LogP) is 3.83. The Hall–Kier alpha value is -0.810. The van der Waals surface area contributed by atoms with E-state index in [9.17, 15) is 0 Å². The molecule has 108 valence electrons. The predicted molar refractivity (Wildman–Crippen MR) is 87.8 cm³/mol. The highest BCUT2D eigenvalue weighted by Gasteiger charge is 2.54. The van der Waals surface area contributed by atoms with E-state index in [1.165, 1.54) is 5.56 Å². The highest BCUT2D eigenvalue weighted by atomic mass is 79.9. The van der Waals surface area contributed by atoms with E-state index in [4.69, 9.17) is 17.0 Å². The van der Waals surface area contributed by atoms with Crippen molar-refractivity contribution in [3.8, 4) is 5.75 Å². The van der Waals surface area contributed by atoms with Gasteiger partial charge < -0.3 is 15.0 Å². The summed E-state index contributed by atoms with van der Waals surface area (Å²) in [6.07, 6.45) is 0. The quantitative estimate of drug-likeness (QED) is 0.774. The summed E-state index contributed by atoms with van der Waals surface area (Å²) in [7, 11) is 0. The summed E-state index contributed by atoms with van der Waals surface area (Å²) < 4.78 is 7.43. The van der Waals surface area contributed by atoms with Gasteiger partial charge in [-0.25, -0.2) is 0 Å². The zero-order valence-corrected chi connectivity index (χ0v) is 14.5. The fourth-order valence-corrected chi connectivity index (χ4v) is 4.36. The first-order valence-electron chi connectivity index (χ1n) is 6.93. The normalized spacial score (nSPS) is 31.7. The van der Waals surface area contributed by atoms with Gasteiger partial charge in [-0.2, -0.15) is 0 Å². The zero-order valence-electron chi connectivity index (χ0n) is 12.1. The molecule has 1 N–H and O–H groups in total. The van der Waals surface area contributed by atoms with Crippen molar-refractivity contribution in [3.63, 3.8) is 0 Å². The van der Waals surface area contributed by atoms with Gasteiger partial charge in [0, 0.05) is 17.5 Å². The molecule has 1 aromatic rings. The van der Waals surface area contributed by atoms with E-state index in [1.807, 2.05) is 12.1 Å². The number of nitrogens with zero attached hydrogens (tertiary/aromatic N) is 1. The molecular weight excluding hydrogens is 336 g/mol. The molecule has 1 saturated heterocycles. The smallest absolute Gasteiger partial charge is 0.187 e. The van der Waals surface area contributed by atoms with Gasteiger partial charge in [-0.05, 0) is 55.0 Å². The lowest BCUT2D eigenvalue weighted by atomic mass is 9.80. The maximum Gasteiger partial charge on any atom is 0.187 e. The van der Waals surface area contributed by atoms with Gasteiger partial charge in [0.2, 0.25) is 0 Å². The summed E-state index contributed by atoms with van der Waals surface area (Å²) >= 11 is 9.17. The number of thiocarbonyl (C=S) groups is 1. The molecule has 2 bridgehead atoms. The summed E-state index contributed by atoms with van der Waals surface area (Å²) in [6.45, 7) is 8.65. The van der Waals surface area contributed by atoms with Crippen LogP contribution in [0.15, 0.2) is 22.7 Å². The first-order valence-corrected chi connectivity index (χ1v) is 8.13. The van der Waals surface area contributed by atoms with Crippen molar-refractivity contribution in [2.75, 3.05) is 0 Å². The molecule has 5 heteroatoms. The second kappa shape index (κ2) is 4.60. The molecular formula is C15H19BrN2OS. The second-order valence-corrected chi connectivity index (χ2v) is 7.24. The highest BCUT2D eigenvalue weighted by molar-refractivity contribution is 9.10. The summed E-state index contributed by atoms with van der Waals surface area (Å²) in [5, 5.41) is 4.27. The molecule has 2 heterocycles. The molecule has 2 aliphatic heterocycles. The van der Waals surface area contributed by atoms with Crippen LogP contribution in [0.4, 0.5) is 0 Å². The van der Waals surface area contributed by atoms with Crippen molar-refractivity contribution in [3.05, 3.63) is 28.2 Å². The Morgan fingerprint density at radius 2 is 2.15 bits per heavy atom. The molecule has 0 amide bonds. The molecule has 3 unspecified atom stereocenters. The van der Waals surface area contributed by atoms with E-state index in [-0.39, 0.29) is 12.1 Å². The number of fused-ring (bicyclic) bond motifs is 4. The fraction of sp³-hybridized carbons (Fsp3) is 0.533. The Morgan fingerprint density at radius 1 is 1.45 bits per heavy atom. The SMILES string of the molecule is CC(C)N1C(=S)NC2c3cccc(Br)c3OC1(C)C2C. The lowest BCUT2D eigenvalue weighted by molar-refractivity contribution is -0.121. The maximum absolute atomic E-state index is 6.43. The van der Waals surface area contributed by atoms with Gasteiger partial charge in [0.1, 0.15) is 5.75 Å². The van der Waals surface area contributed by atoms with Crippen LogP contribution in [0, 0.1) is 5.92 Å². The molecule has 0 saturated carbocycles. The first-order chi connectivity index (χ1) is 9.36. The Kier molecular flexibility index (Phi) is 3.25. The van der Waals surface area contributed by atoms with Crippen LogP contribution < -0.4 is 10.1 Å². The number of hydrogen-bond acceptors (Lipinski definition) is 2. The maximum atomic E-state index is 6.43. The number of benzene rings is 1. The minimum Gasteiger partial charge on any atom is -0.466 e. The third-order valence-electron chi connectivity index (χ3n) is 4.48. The van der Waals surface area contributed by atoms with E-state index in [1.54, 1.807) is 0 Å². The van der Waals surface area contributed by atoms with E-state index in [0.717, 1.165) is 15.3 Å². The molecule has 3 rings (SSSR count). The Balaban J connectivity index is 2.18. The molecule has 3 atom stereocenters. The number of para-hydroxylation sites is 1. The largest absolute Gasteiger partial charge is 0.466 e. The topological polar surface area (TPSA) is 24.5 Å². The van der Waals surface area contributed by atoms with Crippen molar-refractivity contribution in [1.82, 2.24) is 10.2 Å². The summed E-state index contributed by atoms with van der Waals surface area (Å²) in [5.41, 5.74) is 0.757. The van der Waals surface area contributed by atoms with Gasteiger partial charge in [-0.15, -0.1) is 0 Å². The number of halogens is 1. The molecule has 2 aliphatic rings. The minimum atomic E-state index is -0.419. The zero-order chi connectivity index (χ0) is 14.7. The Morgan fingerprint density at radius 3 is 2.80 bits per heavy atom. The summed E-state index contributed by atoms with van der Waals surface area (Å²) in [6, 6.07) is 6.66. The van der Waals surface area contributed by atoms with Crippen LogP contribution >= 0.6 is 28.1 Å². The molecule has 1 fully saturated rings. The molecule has 1 aromatic carbocycles. The van der Waals surface area contributed by atoms with Crippen molar-refractivity contribution in [2.45, 2.75) is 45.5 Å².